The van der Waals surface area contributed by atoms with Crippen LogP contribution >= 0.6 is 11.8 Å². The summed E-state index contributed by atoms with van der Waals surface area (Å²) < 4.78 is 0. The van der Waals surface area contributed by atoms with Crippen molar-refractivity contribution in [1.29, 1.82) is 0 Å². The Hall–Kier alpha value is -2.35. The van der Waals surface area contributed by atoms with Crippen molar-refractivity contribution in [3.05, 3.63) is 56.2 Å². The highest BCUT2D eigenvalue weighted by atomic mass is 32.2. The number of aromatic amines is 2. The highest BCUT2D eigenvalue weighted by Gasteiger charge is 2.20. The predicted molar refractivity (Wildman–Crippen MR) is 81.8 cm³/mol. The average Bonchev–Trinajstić information content (AvgIpc) is 2.53. The number of amides is 1. The number of H-pyrrole nitrogens is 2. The Morgan fingerprint density at radius 3 is 2.82 bits per heavy atom. The molecule has 0 saturated carbocycles. The lowest BCUT2D eigenvalue weighted by Crippen LogP contribution is -2.37. The van der Waals surface area contributed by atoms with E-state index in [0.29, 0.717) is 13.1 Å². The van der Waals surface area contributed by atoms with E-state index in [4.69, 9.17) is 0 Å². The van der Waals surface area contributed by atoms with E-state index in [0.717, 1.165) is 23.7 Å². The van der Waals surface area contributed by atoms with Gasteiger partial charge in [-0.25, -0.2) is 9.89 Å². The first kappa shape index (κ1) is 14.6. The molecule has 7 nitrogen and oxygen atoms in total. The van der Waals surface area contributed by atoms with Crippen molar-refractivity contribution in [2.24, 2.45) is 0 Å². The van der Waals surface area contributed by atoms with Crippen molar-refractivity contribution < 1.29 is 4.79 Å². The van der Waals surface area contributed by atoms with Crippen LogP contribution in [0.25, 0.3) is 0 Å². The van der Waals surface area contributed by atoms with Gasteiger partial charge in [-0.15, -0.1) is 0 Å². The zero-order valence-electron chi connectivity index (χ0n) is 11.7. The molecule has 0 aliphatic carbocycles. The van der Waals surface area contributed by atoms with Gasteiger partial charge in [-0.1, -0.05) is 36.0 Å². The molecule has 1 amide bonds. The molecule has 0 spiro atoms. The molecular weight excluding hydrogens is 304 g/mol. The number of hydrogen-bond acceptors (Lipinski definition) is 5. The van der Waals surface area contributed by atoms with Crippen LogP contribution in [0.4, 0.5) is 0 Å². The van der Waals surface area contributed by atoms with Crippen LogP contribution in [-0.2, 0) is 17.8 Å². The maximum Gasteiger partial charge on any atom is 0.342 e. The molecule has 2 heterocycles. The Morgan fingerprint density at radius 1 is 1.27 bits per heavy atom. The van der Waals surface area contributed by atoms with Crippen molar-refractivity contribution >= 4 is 17.7 Å². The van der Waals surface area contributed by atoms with Crippen LogP contribution in [0.15, 0.2) is 38.9 Å². The topological polar surface area (TPSA) is 98.9 Å². The number of benzene rings is 1. The van der Waals surface area contributed by atoms with E-state index in [-0.39, 0.29) is 16.7 Å². The van der Waals surface area contributed by atoms with Crippen LogP contribution in [0.2, 0.25) is 0 Å². The van der Waals surface area contributed by atoms with E-state index in [9.17, 15) is 14.4 Å². The number of nitrogens with one attached hydrogen (secondary N) is 2. The van der Waals surface area contributed by atoms with E-state index >= 15 is 0 Å². The lowest BCUT2D eigenvalue weighted by atomic mass is 10.00. The molecule has 22 heavy (non-hydrogen) atoms. The molecule has 0 bridgehead atoms. The summed E-state index contributed by atoms with van der Waals surface area (Å²) in [5.74, 6) is 0.0662. The molecule has 1 aliphatic heterocycles. The summed E-state index contributed by atoms with van der Waals surface area (Å²) in [6.45, 7) is 1.26. The third-order valence-electron chi connectivity index (χ3n) is 3.50. The smallest absolute Gasteiger partial charge is 0.337 e. The van der Waals surface area contributed by atoms with Crippen LogP contribution in [0, 0.1) is 0 Å². The lowest BCUT2D eigenvalue weighted by Gasteiger charge is -2.28. The third-order valence-corrected chi connectivity index (χ3v) is 4.44. The quantitative estimate of drug-likeness (QED) is 0.784. The van der Waals surface area contributed by atoms with Gasteiger partial charge in [0.25, 0.3) is 5.56 Å². The number of carbonyl (C=O) groups excluding carboxylic acids is 1. The molecule has 1 aliphatic rings. The van der Waals surface area contributed by atoms with Gasteiger partial charge < -0.3 is 4.90 Å². The molecular formula is C14H14N4O3S. The van der Waals surface area contributed by atoms with Crippen molar-refractivity contribution in [2.45, 2.75) is 18.0 Å². The molecule has 1 aromatic heterocycles. The van der Waals surface area contributed by atoms with Crippen LogP contribution in [0.5, 0.6) is 0 Å². The Labute approximate surface area is 129 Å². The minimum Gasteiger partial charge on any atom is -0.337 e. The summed E-state index contributed by atoms with van der Waals surface area (Å²) in [4.78, 5) is 38.5. The molecule has 0 unspecified atom stereocenters. The zero-order valence-corrected chi connectivity index (χ0v) is 12.5. The van der Waals surface area contributed by atoms with Gasteiger partial charge >= 0.3 is 5.69 Å². The normalized spacial score (nSPS) is 13.7. The molecule has 0 saturated heterocycles. The van der Waals surface area contributed by atoms with Crippen LogP contribution in [0.3, 0.4) is 0 Å². The molecule has 8 heteroatoms. The van der Waals surface area contributed by atoms with Gasteiger partial charge in [0.05, 0.1) is 5.75 Å². The molecule has 0 radical (unpaired) electrons. The van der Waals surface area contributed by atoms with E-state index in [1.807, 2.05) is 18.2 Å². The Bertz CT molecular complexity index is 814. The van der Waals surface area contributed by atoms with E-state index in [1.165, 1.54) is 5.56 Å². The standard InChI is InChI=1S/C14H14N4O3S/c19-11(8-22-13-12(20)15-14(21)17-16-13)18-6-5-9-3-1-2-4-10(9)7-18/h1-4H,5-8H2,(H2,15,17,20,21). The highest BCUT2D eigenvalue weighted by Crippen LogP contribution is 2.19. The van der Waals surface area contributed by atoms with E-state index in [1.54, 1.807) is 4.90 Å². The number of carbonyl (C=O) groups is 1. The molecule has 0 atom stereocenters. The number of hydrogen-bond donors (Lipinski definition) is 2. The summed E-state index contributed by atoms with van der Waals surface area (Å²) in [5.41, 5.74) is 1.20. The number of rotatable bonds is 3. The minimum absolute atomic E-state index is 0.0492. The summed E-state index contributed by atoms with van der Waals surface area (Å²) in [6.07, 6.45) is 0.837. The largest absolute Gasteiger partial charge is 0.342 e. The SMILES string of the molecule is O=C(CSc1n[nH]c(=O)[nH]c1=O)N1CCc2ccccc2C1. The van der Waals surface area contributed by atoms with Gasteiger partial charge in [-0.05, 0) is 17.5 Å². The summed E-state index contributed by atoms with van der Waals surface area (Å²) >= 11 is 1.02. The Balaban J connectivity index is 1.63. The van der Waals surface area contributed by atoms with Gasteiger partial charge in [0.2, 0.25) is 5.91 Å². The van der Waals surface area contributed by atoms with Crippen molar-refractivity contribution in [3.8, 4) is 0 Å². The Kier molecular flexibility index (Phi) is 4.10. The molecule has 3 rings (SSSR count). The second-order valence-corrected chi connectivity index (χ2v) is 5.90. The maximum atomic E-state index is 12.3. The molecule has 2 N–H and O–H groups in total. The molecule has 1 aromatic carbocycles. The van der Waals surface area contributed by atoms with Gasteiger partial charge in [-0.3, -0.25) is 14.6 Å². The number of aromatic nitrogens is 3. The lowest BCUT2D eigenvalue weighted by molar-refractivity contribution is -0.129. The van der Waals surface area contributed by atoms with Crippen molar-refractivity contribution in [2.75, 3.05) is 12.3 Å². The number of nitrogens with zero attached hydrogens (tertiary/aromatic N) is 2. The summed E-state index contributed by atoms with van der Waals surface area (Å²) in [7, 11) is 0. The first-order valence-electron chi connectivity index (χ1n) is 6.80. The Morgan fingerprint density at radius 2 is 2.05 bits per heavy atom. The molecule has 0 fully saturated rings. The van der Waals surface area contributed by atoms with Crippen molar-refractivity contribution in [3.63, 3.8) is 0 Å². The first-order chi connectivity index (χ1) is 10.6. The maximum absolute atomic E-state index is 12.3. The van der Waals surface area contributed by atoms with Gasteiger partial charge in [0.1, 0.15) is 0 Å². The summed E-state index contributed by atoms with van der Waals surface area (Å²) in [5, 5.41) is 5.88. The first-order valence-corrected chi connectivity index (χ1v) is 7.78. The fourth-order valence-corrected chi connectivity index (χ4v) is 3.10. The second-order valence-electron chi connectivity index (χ2n) is 4.93. The van der Waals surface area contributed by atoms with Gasteiger partial charge in [0.15, 0.2) is 5.03 Å². The minimum atomic E-state index is -0.659. The van der Waals surface area contributed by atoms with Gasteiger partial charge in [0, 0.05) is 13.1 Å². The highest BCUT2D eigenvalue weighted by molar-refractivity contribution is 7.99. The number of thioether (sulfide) groups is 1. The van der Waals surface area contributed by atoms with Crippen LogP contribution < -0.4 is 11.2 Å². The average molecular weight is 318 g/mol. The zero-order chi connectivity index (χ0) is 15.5. The number of fused-ring (bicyclic) bond motifs is 1. The third kappa shape index (κ3) is 3.11. The van der Waals surface area contributed by atoms with Crippen LogP contribution in [0.1, 0.15) is 11.1 Å². The molecule has 114 valence electrons. The van der Waals surface area contributed by atoms with Crippen LogP contribution in [-0.4, -0.2) is 38.3 Å². The fraction of sp³-hybridized carbons (Fsp3) is 0.286. The van der Waals surface area contributed by atoms with Gasteiger partial charge in [-0.2, -0.15) is 5.10 Å². The fourth-order valence-electron chi connectivity index (χ4n) is 2.36. The van der Waals surface area contributed by atoms with Crippen molar-refractivity contribution in [1.82, 2.24) is 20.1 Å². The van der Waals surface area contributed by atoms with E-state index in [2.05, 4.69) is 21.2 Å². The second kappa shape index (κ2) is 6.18. The van der Waals surface area contributed by atoms with E-state index < -0.39 is 11.2 Å². The monoisotopic (exact) mass is 318 g/mol. The molecule has 2 aromatic rings. The summed E-state index contributed by atoms with van der Waals surface area (Å²) in [6, 6.07) is 8.07. The predicted octanol–water partition coefficient (Wildman–Crippen LogP) is 0.135.